The first-order valence-electron chi connectivity index (χ1n) is 13.7. The predicted molar refractivity (Wildman–Crippen MR) is 130 cm³/mol. The number of ether oxygens (including phenoxy) is 3. The summed E-state index contributed by atoms with van der Waals surface area (Å²) in [5.41, 5.74) is -0.771. The Labute approximate surface area is 214 Å². The van der Waals surface area contributed by atoms with E-state index < -0.39 is 17.6 Å². The topological polar surface area (TPSA) is 119 Å². The molecule has 4 aliphatic rings. The summed E-state index contributed by atoms with van der Waals surface area (Å²) in [4.78, 5) is 36.2. The van der Waals surface area contributed by atoms with Crippen LogP contribution in [0.1, 0.15) is 85.5 Å². The summed E-state index contributed by atoms with van der Waals surface area (Å²) >= 11 is 0. The van der Waals surface area contributed by atoms with Crippen LogP contribution in [-0.2, 0) is 28.6 Å². The van der Waals surface area contributed by atoms with Crippen LogP contribution in [0.3, 0.4) is 0 Å². The molecular weight excluding hydrogens is 464 g/mol. The molecule has 2 unspecified atom stereocenters. The predicted octanol–water partition coefficient (Wildman–Crippen LogP) is 3.40. The van der Waals surface area contributed by atoms with Gasteiger partial charge >= 0.3 is 17.9 Å². The SMILES string of the molecule is COC(=O)CCC[C@H]1CC[C@H]2C3C(C[C@H](OC(C)=O)[C@]12C)[C@]1(C)[C@@H](C[C@@H](O)C[C@H]1O)C[C@H]3OC(C)=O. The number of fused-ring (bicyclic) bond motifs is 5. The molecule has 0 aromatic rings. The van der Waals surface area contributed by atoms with Crippen LogP contribution in [-0.4, -0.2) is 59.6 Å². The molecule has 0 spiro atoms. The van der Waals surface area contributed by atoms with Gasteiger partial charge in [-0.2, -0.15) is 0 Å². The van der Waals surface area contributed by atoms with Crippen molar-refractivity contribution in [3.05, 3.63) is 0 Å². The van der Waals surface area contributed by atoms with Gasteiger partial charge in [-0.15, -0.1) is 0 Å². The maximum absolute atomic E-state index is 12.3. The molecule has 0 heterocycles. The standard InChI is InChI=1S/C28H44O8/c1-15(29)35-22-12-18-11-19(31)13-23(32)27(18,3)21-14-24(36-16(2)30)28(4)17(7-6-8-25(33)34-5)9-10-20(28)26(21)22/h17-24,26,31-32H,6-14H2,1-5H3/t17-,18-,19+,20-,21?,22+,23+,24-,26?,27-,28+/m0/s1. The number of carbonyl (C=O) groups excluding carboxylic acids is 3. The van der Waals surface area contributed by atoms with E-state index in [1.54, 1.807) is 0 Å². The van der Waals surface area contributed by atoms with Crippen molar-refractivity contribution in [2.75, 3.05) is 7.11 Å². The molecule has 0 aromatic carbocycles. The second-order valence-electron chi connectivity index (χ2n) is 12.3. The molecule has 204 valence electrons. The van der Waals surface area contributed by atoms with Gasteiger partial charge in [-0.3, -0.25) is 14.4 Å². The zero-order valence-electron chi connectivity index (χ0n) is 22.4. The molecule has 4 aliphatic carbocycles. The normalized spacial score (nSPS) is 45.6. The summed E-state index contributed by atoms with van der Waals surface area (Å²) in [6, 6.07) is 0. The number of esters is 3. The van der Waals surface area contributed by atoms with Crippen LogP contribution in [0.25, 0.3) is 0 Å². The summed E-state index contributed by atoms with van der Waals surface area (Å²) in [7, 11) is 1.40. The Morgan fingerprint density at radius 1 is 0.889 bits per heavy atom. The fourth-order valence-electron chi connectivity index (χ4n) is 9.09. The lowest BCUT2D eigenvalue weighted by molar-refractivity contribution is -0.241. The molecule has 0 aliphatic heterocycles. The van der Waals surface area contributed by atoms with Crippen LogP contribution >= 0.6 is 0 Å². The molecule has 11 atom stereocenters. The highest BCUT2D eigenvalue weighted by molar-refractivity contribution is 5.69. The highest BCUT2D eigenvalue weighted by atomic mass is 16.5. The van der Waals surface area contributed by atoms with E-state index in [0.29, 0.717) is 38.5 Å². The Balaban J connectivity index is 1.71. The van der Waals surface area contributed by atoms with Gasteiger partial charge in [0.25, 0.3) is 0 Å². The van der Waals surface area contributed by atoms with Gasteiger partial charge in [0.15, 0.2) is 0 Å². The molecule has 8 heteroatoms. The second kappa shape index (κ2) is 10.2. The Bertz CT molecular complexity index is 858. The van der Waals surface area contributed by atoms with Crippen molar-refractivity contribution in [1.29, 1.82) is 0 Å². The zero-order valence-corrected chi connectivity index (χ0v) is 22.4. The van der Waals surface area contributed by atoms with E-state index in [2.05, 4.69) is 13.8 Å². The lowest BCUT2D eigenvalue weighted by atomic mass is 9.42. The van der Waals surface area contributed by atoms with Crippen molar-refractivity contribution in [1.82, 2.24) is 0 Å². The van der Waals surface area contributed by atoms with Crippen molar-refractivity contribution >= 4 is 17.9 Å². The van der Waals surface area contributed by atoms with Crippen LogP contribution in [0.15, 0.2) is 0 Å². The number of methoxy groups -OCH3 is 1. The molecule has 8 nitrogen and oxygen atoms in total. The molecule has 0 bridgehead atoms. The molecule has 2 N–H and O–H groups in total. The number of carbonyl (C=O) groups is 3. The van der Waals surface area contributed by atoms with Gasteiger partial charge in [0.2, 0.25) is 0 Å². The van der Waals surface area contributed by atoms with Gasteiger partial charge in [0.05, 0.1) is 19.3 Å². The first-order chi connectivity index (χ1) is 16.9. The second-order valence-corrected chi connectivity index (χ2v) is 12.3. The van der Waals surface area contributed by atoms with E-state index in [4.69, 9.17) is 14.2 Å². The summed E-state index contributed by atoms with van der Waals surface area (Å²) in [6.07, 6.45) is 4.08. The van der Waals surface area contributed by atoms with Crippen LogP contribution in [0.4, 0.5) is 0 Å². The molecule has 0 radical (unpaired) electrons. The van der Waals surface area contributed by atoms with E-state index in [0.717, 1.165) is 19.3 Å². The van der Waals surface area contributed by atoms with E-state index >= 15 is 0 Å². The van der Waals surface area contributed by atoms with Gasteiger partial charge < -0.3 is 24.4 Å². The van der Waals surface area contributed by atoms with Crippen molar-refractivity contribution < 1.29 is 38.8 Å². The summed E-state index contributed by atoms with van der Waals surface area (Å²) in [5, 5.41) is 21.8. The van der Waals surface area contributed by atoms with Crippen molar-refractivity contribution in [3.8, 4) is 0 Å². The van der Waals surface area contributed by atoms with E-state index in [9.17, 15) is 24.6 Å². The lowest BCUT2D eigenvalue weighted by Gasteiger charge is -2.64. The van der Waals surface area contributed by atoms with Crippen molar-refractivity contribution in [2.45, 2.75) is 110 Å². The quantitative estimate of drug-likeness (QED) is 0.414. The largest absolute Gasteiger partial charge is 0.469 e. The third-order valence-corrected chi connectivity index (χ3v) is 10.8. The fourth-order valence-corrected chi connectivity index (χ4v) is 9.09. The number of hydrogen-bond donors (Lipinski definition) is 2. The zero-order chi connectivity index (χ0) is 26.4. The number of hydrogen-bond acceptors (Lipinski definition) is 8. The molecule has 0 amide bonds. The Kier molecular flexibility index (Phi) is 7.78. The minimum atomic E-state index is -0.670. The summed E-state index contributed by atoms with van der Waals surface area (Å²) < 4.78 is 16.9. The first kappa shape index (κ1) is 27.4. The third kappa shape index (κ3) is 4.57. The van der Waals surface area contributed by atoms with Gasteiger partial charge in [-0.05, 0) is 80.5 Å². The van der Waals surface area contributed by atoms with Crippen LogP contribution in [0.5, 0.6) is 0 Å². The minimum absolute atomic E-state index is 0.000607. The molecule has 4 fully saturated rings. The molecule has 4 saturated carbocycles. The van der Waals surface area contributed by atoms with Crippen LogP contribution in [0.2, 0.25) is 0 Å². The highest BCUT2D eigenvalue weighted by Gasteiger charge is 2.68. The summed E-state index contributed by atoms with van der Waals surface area (Å²) in [6.45, 7) is 7.25. The van der Waals surface area contributed by atoms with Crippen LogP contribution < -0.4 is 0 Å². The molecule has 36 heavy (non-hydrogen) atoms. The molecule has 0 saturated heterocycles. The smallest absolute Gasteiger partial charge is 0.305 e. The Morgan fingerprint density at radius 2 is 1.58 bits per heavy atom. The lowest BCUT2D eigenvalue weighted by Crippen LogP contribution is -2.66. The maximum atomic E-state index is 12.3. The van der Waals surface area contributed by atoms with E-state index in [1.807, 2.05) is 0 Å². The average molecular weight is 509 g/mol. The molecular formula is C28H44O8. The van der Waals surface area contributed by atoms with Gasteiger partial charge in [0, 0.05) is 31.6 Å². The van der Waals surface area contributed by atoms with Gasteiger partial charge in [-0.1, -0.05) is 13.8 Å². The monoisotopic (exact) mass is 508 g/mol. The summed E-state index contributed by atoms with van der Waals surface area (Å²) in [5.74, 6) is -0.361. The Hall–Kier alpha value is -1.67. The molecule has 0 aromatic heterocycles. The van der Waals surface area contributed by atoms with E-state index in [1.165, 1.54) is 21.0 Å². The first-order valence-corrected chi connectivity index (χ1v) is 13.7. The van der Waals surface area contributed by atoms with Crippen molar-refractivity contribution in [2.24, 2.45) is 40.4 Å². The number of aliphatic hydroxyl groups is 2. The van der Waals surface area contributed by atoms with Crippen LogP contribution in [0, 0.1) is 40.4 Å². The minimum Gasteiger partial charge on any atom is -0.469 e. The average Bonchev–Trinajstić information content (AvgIpc) is 3.12. The Morgan fingerprint density at radius 3 is 2.22 bits per heavy atom. The highest BCUT2D eigenvalue weighted by Crippen LogP contribution is 2.68. The van der Waals surface area contributed by atoms with E-state index in [-0.39, 0.29) is 65.1 Å². The number of aliphatic hydroxyl groups excluding tert-OH is 2. The maximum Gasteiger partial charge on any atom is 0.305 e. The van der Waals surface area contributed by atoms with Gasteiger partial charge in [0.1, 0.15) is 12.2 Å². The third-order valence-electron chi connectivity index (χ3n) is 10.8. The van der Waals surface area contributed by atoms with Crippen molar-refractivity contribution in [3.63, 3.8) is 0 Å². The number of rotatable bonds is 6. The fraction of sp³-hybridized carbons (Fsp3) is 0.893. The molecule has 4 rings (SSSR count). The van der Waals surface area contributed by atoms with Gasteiger partial charge in [-0.25, -0.2) is 0 Å².